The smallest absolute Gasteiger partial charge is 0.407 e. The molecule has 1 N–H and O–H groups in total. The van der Waals surface area contributed by atoms with Crippen LogP contribution in [0.1, 0.15) is 64.4 Å². The molecule has 2 unspecified atom stereocenters. The molecule has 1 saturated carbocycles. The summed E-state index contributed by atoms with van der Waals surface area (Å²) in [5, 5.41) is 3.08. The van der Waals surface area contributed by atoms with Crippen molar-refractivity contribution in [3.8, 4) is 0 Å². The van der Waals surface area contributed by atoms with Crippen LogP contribution in [0.3, 0.4) is 0 Å². The first-order valence-corrected chi connectivity index (χ1v) is 11.6. The molecule has 1 spiro atoms. The first kappa shape index (κ1) is 21.2. The molecule has 1 aromatic carbocycles. The van der Waals surface area contributed by atoms with E-state index in [1.165, 1.54) is 18.4 Å². The van der Waals surface area contributed by atoms with E-state index in [1.54, 1.807) is 6.92 Å². The van der Waals surface area contributed by atoms with Gasteiger partial charge in [0.15, 0.2) is 0 Å². The number of nitrogens with one attached hydrogen (secondary N) is 1. The van der Waals surface area contributed by atoms with Gasteiger partial charge in [-0.05, 0) is 63.7 Å². The van der Waals surface area contributed by atoms with Gasteiger partial charge in [0, 0.05) is 36.7 Å². The normalized spacial score (nSPS) is 26.1. The van der Waals surface area contributed by atoms with Crippen molar-refractivity contribution < 1.29 is 14.3 Å². The second-order valence-corrected chi connectivity index (χ2v) is 9.17. The van der Waals surface area contributed by atoms with Crippen molar-refractivity contribution >= 4 is 17.7 Å². The number of amides is 2. The molecule has 164 valence electrons. The predicted octanol–water partition coefficient (Wildman–Crippen LogP) is 3.83. The van der Waals surface area contributed by atoms with Crippen LogP contribution in [-0.2, 0) is 14.9 Å². The molecule has 1 aliphatic carbocycles. The van der Waals surface area contributed by atoms with E-state index in [1.807, 2.05) is 17.9 Å². The maximum absolute atomic E-state index is 12.2. The Labute approximate surface area is 179 Å². The monoisotopic (exact) mass is 413 g/mol. The maximum Gasteiger partial charge on any atom is 0.407 e. The lowest BCUT2D eigenvalue weighted by atomic mass is 9.74. The Kier molecular flexibility index (Phi) is 6.32. The number of piperidine rings is 1. The molecule has 4 rings (SSSR count). The van der Waals surface area contributed by atoms with Crippen LogP contribution in [-0.4, -0.2) is 55.2 Å². The minimum absolute atomic E-state index is 0.0894. The van der Waals surface area contributed by atoms with E-state index in [0.29, 0.717) is 12.6 Å². The lowest BCUT2D eigenvalue weighted by Gasteiger charge is -2.43. The molecule has 2 aliphatic heterocycles. The number of carbonyl (C=O) groups excluding carboxylic acids is 2. The van der Waals surface area contributed by atoms with Crippen molar-refractivity contribution in [2.45, 2.75) is 76.3 Å². The third-order valence-electron chi connectivity index (χ3n) is 7.37. The van der Waals surface area contributed by atoms with Crippen molar-refractivity contribution in [3.05, 3.63) is 29.8 Å². The fourth-order valence-electron chi connectivity index (χ4n) is 5.79. The van der Waals surface area contributed by atoms with Crippen LogP contribution in [0.2, 0.25) is 0 Å². The molecule has 2 fully saturated rings. The lowest BCUT2D eigenvalue weighted by molar-refractivity contribution is -0.116. The van der Waals surface area contributed by atoms with E-state index < -0.39 is 0 Å². The summed E-state index contributed by atoms with van der Waals surface area (Å²) < 4.78 is 5.10. The van der Waals surface area contributed by atoms with E-state index in [0.717, 1.165) is 57.4 Å². The summed E-state index contributed by atoms with van der Waals surface area (Å²) in [7, 11) is 0. The van der Waals surface area contributed by atoms with Crippen molar-refractivity contribution in [2.24, 2.45) is 0 Å². The van der Waals surface area contributed by atoms with Gasteiger partial charge in [0.1, 0.15) is 0 Å². The van der Waals surface area contributed by atoms with Gasteiger partial charge >= 0.3 is 6.09 Å². The van der Waals surface area contributed by atoms with Crippen molar-refractivity contribution in [2.75, 3.05) is 31.1 Å². The molecule has 2 heterocycles. The number of hydrogen-bond donors (Lipinski definition) is 1. The zero-order valence-corrected chi connectivity index (χ0v) is 18.4. The summed E-state index contributed by atoms with van der Waals surface area (Å²) in [6, 6.07) is 9.16. The maximum atomic E-state index is 12.2. The van der Waals surface area contributed by atoms with Gasteiger partial charge in [0.25, 0.3) is 0 Å². The molecule has 3 aliphatic rings. The third-order valence-corrected chi connectivity index (χ3v) is 7.37. The highest BCUT2D eigenvalue weighted by Crippen LogP contribution is 2.47. The second kappa shape index (κ2) is 8.96. The van der Waals surface area contributed by atoms with E-state index in [-0.39, 0.29) is 23.5 Å². The van der Waals surface area contributed by atoms with Gasteiger partial charge in [-0.15, -0.1) is 0 Å². The number of rotatable bonds is 3. The van der Waals surface area contributed by atoms with Crippen LogP contribution in [0.4, 0.5) is 10.5 Å². The first-order valence-electron chi connectivity index (χ1n) is 11.6. The molecule has 1 aromatic rings. The van der Waals surface area contributed by atoms with E-state index >= 15 is 0 Å². The number of fused-ring (bicyclic) bond motifs is 2. The van der Waals surface area contributed by atoms with Crippen LogP contribution in [0, 0.1) is 0 Å². The lowest BCUT2D eigenvalue weighted by Crippen LogP contribution is -2.50. The summed E-state index contributed by atoms with van der Waals surface area (Å²) in [6.45, 7) is 6.84. The number of alkyl carbamates (subject to hydrolysis) is 1. The van der Waals surface area contributed by atoms with Crippen molar-refractivity contribution in [1.82, 2.24) is 10.2 Å². The number of likely N-dealkylation sites (tertiary alicyclic amines) is 1. The Morgan fingerprint density at radius 1 is 1.17 bits per heavy atom. The average molecular weight is 414 g/mol. The van der Waals surface area contributed by atoms with Gasteiger partial charge in [0.05, 0.1) is 6.61 Å². The number of nitrogens with zero attached hydrogens (tertiary/aromatic N) is 2. The van der Waals surface area contributed by atoms with Gasteiger partial charge in [-0.2, -0.15) is 0 Å². The Balaban J connectivity index is 1.42. The minimum Gasteiger partial charge on any atom is -0.450 e. The number of carbonyl (C=O) groups is 2. The zero-order valence-electron chi connectivity index (χ0n) is 18.4. The molecule has 2 atom stereocenters. The number of benzene rings is 1. The van der Waals surface area contributed by atoms with Crippen LogP contribution < -0.4 is 10.2 Å². The number of anilines is 1. The van der Waals surface area contributed by atoms with Crippen LogP contribution in [0.15, 0.2) is 24.3 Å². The minimum atomic E-state index is -0.285. The summed E-state index contributed by atoms with van der Waals surface area (Å²) in [5.74, 6) is 0.137. The highest BCUT2D eigenvalue weighted by molar-refractivity contribution is 5.94. The zero-order chi connectivity index (χ0) is 21.1. The number of hydrogen-bond acceptors (Lipinski definition) is 4. The summed E-state index contributed by atoms with van der Waals surface area (Å²) in [6.07, 6.45) is 7.49. The molecule has 30 heavy (non-hydrogen) atoms. The Morgan fingerprint density at radius 3 is 2.63 bits per heavy atom. The molecular formula is C24H35N3O3. The topological polar surface area (TPSA) is 61.9 Å². The highest BCUT2D eigenvalue weighted by Gasteiger charge is 2.46. The van der Waals surface area contributed by atoms with Crippen molar-refractivity contribution in [1.29, 1.82) is 0 Å². The van der Waals surface area contributed by atoms with Gasteiger partial charge in [0.2, 0.25) is 5.91 Å². The predicted molar refractivity (Wildman–Crippen MR) is 118 cm³/mol. The van der Waals surface area contributed by atoms with Crippen LogP contribution >= 0.6 is 0 Å². The van der Waals surface area contributed by atoms with Gasteiger partial charge in [-0.25, -0.2) is 4.79 Å². The van der Waals surface area contributed by atoms with Crippen LogP contribution in [0.5, 0.6) is 0 Å². The molecule has 2 amide bonds. The summed E-state index contributed by atoms with van der Waals surface area (Å²) in [5.41, 5.74) is 2.54. The summed E-state index contributed by atoms with van der Waals surface area (Å²) in [4.78, 5) is 28.7. The Morgan fingerprint density at radius 2 is 1.90 bits per heavy atom. The number of para-hydroxylation sites is 1. The SMILES string of the molecule is CCOC(=O)NC1CCCCC(N2CCC3(CC2)CN(C(C)=O)c2ccccc23)C1. The van der Waals surface area contributed by atoms with Gasteiger partial charge in [-0.1, -0.05) is 31.0 Å². The molecular weight excluding hydrogens is 378 g/mol. The molecule has 0 bridgehead atoms. The van der Waals surface area contributed by atoms with E-state index in [9.17, 15) is 9.59 Å². The van der Waals surface area contributed by atoms with E-state index in [4.69, 9.17) is 4.74 Å². The Hall–Kier alpha value is -2.08. The fourth-order valence-corrected chi connectivity index (χ4v) is 5.79. The second-order valence-electron chi connectivity index (χ2n) is 9.17. The van der Waals surface area contributed by atoms with E-state index in [2.05, 4.69) is 28.4 Å². The van der Waals surface area contributed by atoms with Crippen molar-refractivity contribution in [3.63, 3.8) is 0 Å². The van der Waals surface area contributed by atoms with Gasteiger partial charge < -0.3 is 19.9 Å². The van der Waals surface area contributed by atoms with Crippen LogP contribution in [0.25, 0.3) is 0 Å². The molecule has 6 heteroatoms. The molecule has 6 nitrogen and oxygen atoms in total. The average Bonchev–Trinajstić information content (AvgIpc) is 2.88. The third kappa shape index (κ3) is 4.20. The molecule has 0 radical (unpaired) electrons. The quantitative estimate of drug-likeness (QED) is 0.765. The standard InChI is InChI=1S/C24H35N3O3/c1-3-30-23(29)25-19-8-4-5-9-20(16-19)26-14-12-24(13-15-26)17-27(18(2)28)22-11-7-6-10-21(22)24/h6-7,10-11,19-20H,3-5,8-9,12-17H2,1-2H3,(H,25,29). The van der Waals surface area contributed by atoms with Gasteiger partial charge in [-0.3, -0.25) is 4.79 Å². The molecule has 1 saturated heterocycles. The summed E-state index contributed by atoms with van der Waals surface area (Å²) >= 11 is 0. The Bertz CT molecular complexity index is 773. The fraction of sp³-hybridized carbons (Fsp3) is 0.667. The number of ether oxygens (including phenoxy) is 1. The highest BCUT2D eigenvalue weighted by atomic mass is 16.5. The largest absolute Gasteiger partial charge is 0.450 e. The molecule has 0 aromatic heterocycles. The first-order chi connectivity index (χ1) is 14.5.